The van der Waals surface area contributed by atoms with Gasteiger partial charge in [-0.05, 0) is 24.6 Å². The number of rotatable bonds is 3. The van der Waals surface area contributed by atoms with Crippen LogP contribution in [-0.2, 0) is 14.8 Å². The van der Waals surface area contributed by atoms with Crippen molar-refractivity contribution in [2.24, 2.45) is 0 Å². The fraction of sp³-hybridized carbons (Fsp3) is 0.364. The second kappa shape index (κ2) is 5.44. The number of thioether (sulfide) groups is 1. The van der Waals surface area contributed by atoms with E-state index in [4.69, 9.17) is 22.4 Å². The molecule has 0 aliphatic carbocycles. The van der Waals surface area contributed by atoms with E-state index in [0.29, 0.717) is 10.6 Å². The molecular weight excluding hydrogens is 324 g/mol. The van der Waals surface area contributed by atoms with E-state index in [0.717, 1.165) is 4.31 Å². The van der Waals surface area contributed by atoms with Gasteiger partial charge in [0.15, 0.2) is 0 Å². The largest absolute Gasteiger partial charge is 0.480 e. The van der Waals surface area contributed by atoms with Gasteiger partial charge in [0.2, 0.25) is 10.0 Å². The number of nitrogens with two attached hydrogens (primary N) is 1. The molecule has 6 nitrogen and oxygen atoms in total. The van der Waals surface area contributed by atoms with Crippen LogP contribution in [0.25, 0.3) is 0 Å². The average molecular weight is 337 g/mol. The summed E-state index contributed by atoms with van der Waals surface area (Å²) in [5.41, 5.74) is 6.30. The highest BCUT2D eigenvalue weighted by Gasteiger charge is 2.40. The van der Waals surface area contributed by atoms with Crippen molar-refractivity contribution in [2.75, 3.05) is 17.4 Å². The number of nitrogens with zero attached hydrogens (tertiary/aromatic N) is 1. The molecule has 0 bridgehead atoms. The number of anilines is 1. The Labute approximate surface area is 125 Å². The first kappa shape index (κ1) is 15.4. The highest BCUT2D eigenvalue weighted by molar-refractivity contribution is 8.00. The van der Waals surface area contributed by atoms with Gasteiger partial charge < -0.3 is 10.8 Å². The van der Waals surface area contributed by atoms with Gasteiger partial charge in [0.05, 0.1) is 11.6 Å². The van der Waals surface area contributed by atoms with Crippen molar-refractivity contribution in [3.05, 3.63) is 22.7 Å². The Bertz CT molecular complexity index is 663. The van der Waals surface area contributed by atoms with Gasteiger partial charge in [0.1, 0.15) is 10.9 Å². The van der Waals surface area contributed by atoms with Crippen LogP contribution in [0.5, 0.6) is 0 Å². The number of aryl methyl sites for hydroxylation is 1. The van der Waals surface area contributed by atoms with Gasteiger partial charge in [0, 0.05) is 10.8 Å². The van der Waals surface area contributed by atoms with Crippen molar-refractivity contribution in [3.8, 4) is 0 Å². The van der Waals surface area contributed by atoms with E-state index in [1.807, 2.05) is 0 Å². The van der Waals surface area contributed by atoms with Crippen LogP contribution in [0.3, 0.4) is 0 Å². The second-order valence-corrected chi connectivity index (χ2v) is 7.65. The third kappa shape index (κ3) is 2.60. The number of carboxylic acid groups (broad SMARTS) is 1. The van der Waals surface area contributed by atoms with Gasteiger partial charge in [-0.25, -0.2) is 8.42 Å². The fourth-order valence-electron chi connectivity index (χ4n) is 1.88. The number of halogens is 1. The highest BCUT2D eigenvalue weighted by atomic mass is 35.5. The predicted molar refractivity (Wildman–Crippen MR) is 78.4 cm³/mol. The van der Waals surface area contributed by atoms with Gasteiger partial charge in [-0.1, -0.05) is 11.6 Å². The number of aliphatic carboxylic acids is 1. The minimum Gasteiger partial charge on any atom is -0.480 e. The monoisotopic (exact) mass is 336 g/mol. The van der Waals surface area contributed by atoms with Crippen LogP contribution in [0, 0.1) is 6.92 Å². The minimum atomic E-state index is -3.95. The van der Waals surface area contributed by atoms with Crippen molar-refractivity contribution < 1.29 is 18.3 Å². The van der Waals surface area contributed by atoms with Gasteiger partial charge in [-0.3, -0.25) is 4.79 Å². The van der Waals surface area contributed by atoms with Gasteiger partial charge in [-0.2, -0.15) is 4.31 Å². The van der Waals surface area contributed by atoms with E-state index < -0.39 is 22.0 Å². The Morgan fingerprint density at radius 2 is 2.20 bits per heavy atom. The first-order valence-corrected chi connectivity index (χ1v) is 8.60. The van der Waals surface area contributed by atoms with Crippen molar-refractivity contribution >= 4 is 45.0 Å². The third-order valence-corrected chi connectivity index (χ3v) is 6.50. The molecule has 1 aliphatic rings. The third-order valence-electron chi connectivity index (χ3n) is 3.00. The molecule has 1 fully saturated rings. The van der Waals surface area contributed by atoms with E-state index in [9.17, 15) is 13.2 Å². The summed E-state index contributed by atoms with van der Waals surface area (Å²) in [5.74, 6) is -0.843. The lowest BCUT2D eigenvalue weighted by Gasteiger charge is -2.21. The minimum absolute atomic E-state index is 0.0154. The standard InChI is InChI=1S/C11H13ClN2O4S2/c1-6-2-10(8(13)3-7(6)12)20(17,18)14-5-19-4-9(14)11(15)16/h2-3,9H,4-5,13H2,1H3,(H,15,16)/t9-/m1/s1. The van der Waals surface area contributed by atoms with Gasteiger partial charge >= 0.3 is 5.97 Å². The molecule has 1 aliphatic heterocycles. The van der Waals surface area contributed by atoms with Crippen molar-refractivity contribution in [2.45, 2.75) is 17.9 Å². The quantitative estimate of drug-likeness (QED) is 0.809. The van der Waals surface area contributed by atoms with E-state index in [2.05, 4.69) is 0 Å². The molecule has 1 saturated heterocycles. The summed E-state index contributed by atoms with van der Waals surface area (Å²) in [5, 5.41) is 9.46. The van der Waals surface area contributed by atoms with Crippen LogP contribution in [0.1, 0.15) is 5.56 Å². The van der Waals surface area contributed by atoms with E-state index in [-0.39, 0.29) is 22.2 Å². The lowest BCUT2D eigenvalue weighted by Crippen LogP contribution is -2.41. The summed E-state index contributed by atoms with van der Waals surface area (Å²) < 4.78 is 26.1. The zero-order valence-corrected chi connectivity index (χ0v) is 12.9. The number of hydrogen-bond donors (Lipinski definition) is 2. The smallest absolute Gasteiger partial charge is 0.322 e. The molecule has 1 atom stereocenters. The SMILES string of the molecule is Cc1cc(S(=O)(=O)N2CSC[C@@H]2C(=O)O)c(N)cc1Cl. The molecule has 0 aromatic heterocycles. The molecule has 20 heavy (non-hydrogen) atoms. The zero-order chi connectivity index (χ0) is 15.1. The molecular formula is C11H13ClN2O4S2. The first-order chi connectivity index (χ1) is 9.25. The Kier molecular flexibility index (Phi) is 4.19. The molecule has 2 rings (SSSR count). The summed E-state index contributed by atoms with van der Waals surface area (Å²) in [6.07, 6.45) is 0. The van der Waals surface area contributed by atoms with E-state index in [1.165, 1.54) is 23.9 Å². The lowest BCUT2D eigenvalue weighted by atomic mass is 10.2. The molecule has 0 amide bonds. The van der Waals surface area contributed by atoms with E-state index >= 15 is 0 Å². The molecule has 9 heteroatoms. The zero-order valence-electron chi connectivity index (χ0n) is 10.5. The van der Waals surface area contributed by atoms with Crippen LogP contribution in [-0.4, -0.2) is 41.5 Å². The van der Waals surface area contributed by atoms with Crippen LogP contribution in [0.4, 0.5) is 5.69 Å². The molecule has 0 saturated carbocycles. The van der Waals surface area contributed by atoms with Crippen molar-refractivity contribution in [3.63, 3.8) is 0 Å². The number of hydrogen-bond acceptors (Lipinski definition) is 5. The van der Waals surface area contributed by atoms with Gasteiger partial charge in [0.25, 0.3) is 0 Å². The second-order valence-electron chi connectivity index (χ2n) is 4.39. The molecule has 110 valence electrons. The van der Waals surface area contributed by atoms with Crippen molar-refractivity contribution in [1.29, 1.82) is 0 Å². The number of carbonyl (C=O) groups is 1. The Morgan fingerprint density at radius 3 is 2.80 bits per heavy atom. The maximum Gasteiger partial charge on any atom is 0.322 e. The van der Waals surface area contributed by atoms with Crippen LogP contribution in [0.2, 0.25) is 5.02 Å². The topological polar surface area (TPSA) is 101 Å². The number of carboxylic acids is 1. The van der Waals surface area contributed by atoms with E-state index in [1.54, 1.807) is 6.92 Å². The fourth-order valence-corrected chi connectivity index (χ4v) is 5.37. The first-order valence-electron chi connectivity index (χ1n) is 5.63. The Balaban J connectivity index is 2.50. The Morgan fingerprint density at radius 1 is 1.55 bits per heavy atom. The lowest BCUT2D eigenvalue weighted by molar-refractivity contribution is -0.140. The maximum atomic E-state index is 12.6. The Hall–Kier alpha value is -0.960. The molecule has 0 spiro atoms. The van der Waals surface area contributed by atoms with Gasteiger partial charge in [-0.15, -0.1) is 11.8 Å². The number of sulfonamides is 1. The predicted octanol–water partition coefficient (Wildman–Crippen LogP) is 1.38. The summed E-state index contributed by atoms with van der Waals surface area (Å²) in [7, 11) is -3.95. The average Bonchev–Trinajstić information content (AvgIpc) is 2.83. The molecule has 0 radical (unpaired) electrons. The highest BCUT2D eigenvalue weighted by Crippen LogP contribution is 2.33. The van der Waals surface area contributed by atoms with Crippen molar-refractivity contribution in [1.82, 2.24) is 4.31 Å². The summed E-state index contributed by atoms with van der Waals surface area (Å²) in [6.45, 7) is 1.66. The maximum absolute atomic E-state index is 12.6. The molecule has 1 aromatic rings. The summed E-state index contributed by atoms with van der Waals surface area (Å²) in [4.78, 5) is 11.0. The normalized spacial score (nSPS) is 20.2. The van der Waals surface area contributed by atoms with Crippen LogP contribution >= 0.6 is 23.4 Å². The molecule has 1 aromatic carbocycles. The molecule has 1 heterocycles. The summed E-state index contributed by atoms with van der Waals surface area (Å²) >= 11 is 7.14. The van der Waals surface area contributed by atoms with Crippen LogP contribution in [0.15, 0.2) is 17.0 Å². The number of nitrogen functional groups attached to an aromatic ring is 1. The van der Waals surface area contributed by atoms with Crippen LogP contribution < -0.4 is 5.73 Å². The molecule has 0 unspecified atom stereocenters. The summed E-state index contributed by atoms with van der Waals surface area (Å²) in [6, 6.07) is 1.66. The number of benzene rings is 1. The molecule has 3 N–H and O–H groups in total.